The van der Waals surface area contributed by atoms with Gasteiger partial charge in [0.1, 0.15) is 0 Å². The number of aromatic nitrogens is 4. The Balaban J connectivity index is 1.27. The number of anilines is 4. The first-order valence-electron chi connectivity index (χ1n) is 10.6. The number of nitrogens with zero attached hydrogens (tertiary/aromatic N) is 4. The van der Waals surface area contributed by atoms with E-state index in [0.717, 1.165) is 37.7 Å². The highest BCUT2D eigenvalue weighted by molar-refractivity contribution is 9.10. The Morgan fingerprint density at radius 3 is 2.34 bits per heavy atom. The zero-order valence-corrected chi connectivity index (χ0v) is 21.4. The molecule has 0 atom stereocenters. The fraction of sp³-hybridized carbons (Fsp3) is 0. The number of thiophene rings is 1. The van der Waals surface area contributed by atoms with Gasteiger partial charge in [-0.05, 0) is 69.9 Å². The third-order valence-corrected chi connectivity index (χ3v) is 6.97. The van der Waals surface area contributed by atoms with Gasteiger partial charge in [0, 0.05) is 16.2 Å². The molecule has 0 aliphatic rings. The van der Waals surface area contributed by atoms with Gasteiger partial charge in [0.2, 0.25) is 5.95 Å². The lowest BCUT2D eigenvalue weighted by molar-refractivity contribution is 1.05. The molecule has 3 N–H and O–H groups in total. The maximum atomic E-state index is 5.50. The van der Waals surface area contributed by atoms with E-state index in [2.05, 4.69) is 52.0 Å². The van der Waals surface area contributed by atoms with Gasteiger partial charge in [0.25, 0.3) is 0 Å². The molecule has 0 saturated carbocycles. The van der Waals surface area contributed by atoms with Crippen LogP contribution in [0.1, 0.15) is 0 Å². The Hall–Kier alpha value is -3.73. The summed E-state index contributed by atoms with van der Waals surface area (Å²) in [5.41, 5.74) is 4.19. The van der Waals surface area contributed by atoms with E-state index in [1.54, 1.807) is 17.5 Å². The Labute approximate surface area is 219 Å². The van der Waals surface area contributed by atoms with E-state index < -0.39 is 0 Å². The molecule has 0 spiro atoms. The molecule has 0 unspecified atom stereocenters. The van der Waals surface area contributed by atoms with Crippen LogP contribution >= 0.6 is 39.5 Å². The first-order valence-corrected chi connectivity index (χ1v) is 12.6. The number of thiocarbonyl (C=S) groups is 1. The molecular weight excluding hydrogens is 542 g/mol. The van der Waals surface area contributed by atoms with Crippen LogP contribution in [0.2, 0.25) is 0 Å². The van der Waals surface area contributed by atoms with Crippen LogP contribution in [0.3, 0.4) is 0 Å². The number of hydrogen-bond donors (Lipinski definition) is 3. The van der Waals surface area contributed by atoms with Crippen molar-refractivity contribution in [2.75, 3.05) is 16.0 Å². The molecule has 0 bridgehead atoms. The second-order valence-corrected chi connectivity index (χ2v) is 9.46. The van der Waals surface area contributed by atoms with Crippen molar-refractivity contribution in [3.63, 3.8) is 0 Å². The third-order valence-electron chi connectivity index (χ3n) is 4.90. The monoisotopic (exact) mass is 559 g/mol. The molecule has 3 aromatic heterocycles. The van der Waals surface area contributed by atoms with Crippen molar-refractivity contribution in [2.24, 2.45) is 0 Å². The number of hydrogen-bond acceptors (Lipinski definition) is 7. The number of halogens is 1. The molecule has 35 heavy (non-hydrogen) atoms. The van der Waals surface area contributed by atoms with Gasteiger partial charge in [-0.15, -0.1) is 21.5 Å². The fourth-order valence-corrected chi connectivity index (χ4v) is 5.04. The summed E-state index contributed by atoms with van der Waals surface area (Å²) >= 11 is 10.7. The van der Waals surface area contributed by atoms with Gasteiger partial charge < -0.3 is 16.0 Å². The van der Waals surface area contributed by atoms with Crippen LogP contribution in [-0.2, 0) is 0 Å². The van der Waals surface area contributed by atoms with Gasteiger partial charge in [-0.2, -0.15) is 0 Å². The summed E-state index contributed by atoms with van der Waals surface area (Å²) in [5, 5.41) is 20.5. The van der Waals surface area contributed by atoms with E-state index in [4.69, 9.17) is 12.2 Å². The third kappa shape index (κ3) is 5.68. The molecule has 0 aliphatic heterocycles. The summed E-state index contributed by atoms with van der Waals surface area (Å²) in [6, 6.07) is 25.2. The average Bonchev–Trinajstić information content (AvgIpc) is 3.32. The lowest BCUT2D eigenvalue weighted by Crippen LogP contribution is -2.20. The van der Waals surface area contributed by atoms with E-state index in [9.17, 15) is 0 Å². The summed E-state index contributed by atoms with van der Waals surface area (Å²) in [6.07, 6.45) is 1.73. The highest BCUT2D eigenvalue weighted by Gasteiger charge is 2.10. The Morgan fingerprint density at radius 1 is 0.800 bits per heavy atom. The quantitative estimate of drug-likeness (QED) is 0.192. The summed E-state index contributed by atoms with van der Waals surface area (Å²) in [6.45, 7) is 0. The molecule has 0 saturated heterocycles. The first kappa shape index (κ1) is 23.0. The van der Waals surface area contributed by atoms with Crippen LogP contribution < -0.4 is 16.0 Å². The van der Waals surface area contributed by atoms with E-state index in [1.165, 1.54) is 0 Å². The van der Waals surface area contributed by atoms with E-state index >= 15 is 0 Å². The van der Waals surface area contributed by atoms with Crippen molar-refractivity contribution in [3.05, 3.63) is 94.9 Å². The maximum absolute atomic E-state index is 5.50. The molecule has 5 aromatic rings. The molecule has 7 nitrogen and oxygen atoms in total. The Morgan fingerprint density at radius 2 is 1.60 bits per heavy atom. The van der Waals surface area contributed by atoms with Gasteiger partial charge in [-0.25, -0.2) is 9.97 Å². The zero-order valence-electron chi connectivity index (χ0n) is 18.1. The summed E-state index contributed by atoms with van der Waals surface area (Å²) in [5.74, 6) is 1.03. The SMILES string of the molecule is S=C(Nc1ccc(-c2ccccc2)nn1)Nc1ccccc1Nc1nccc(-c2sccc2Br)n1. The highest BCUT2D eigenvalue weighted by Crippen LogP contribution is 2.33. The van der Waals surface area contributed by atoms with Gasteiger partial charge in [-0.1, -0.05) is 42.5 Å². The number of nitrogens with one attached hydrogen (secondary N) is 3. The average molecular weight is 561 g/mol. The molecule has 3 heterocycles. The van der Waals surface area contributed by atoms with Crippen LogP contribution in [-0.4, -0.2) is 25.3 Å². The number of rotatable bonds is 6. The molecule has 172 valence electrons. The van der Waals surface area contributed by atoms with Crippen molar-refractivity contribution in [2.45, 2.75) is 0 Å². The van der Waals surface area contributed by atoms with Crippen molar-refractivity contribution in [3.8, 4) is 21.8 Å². The molecule has 0 fully saturated rings. The standard InChI is InChI=1S/C25H18BrN7S2/c26-17-13-15-35-23(17)21-12-14-27-24(29-21)28-19-8-4-5-9-20(19)30-25(34)31-22-11-10-18(32-33-22)16-6-2-1-3-7-16/h1-15H,(H,27,28,29)(H2,30,31,33,34). The van der Waals surface area contributed by atoms with Gasteiger partial charge in [-0.3, -0.25) is 0 Å². The van der Waals surface area contributed by atoms with E-state index in [0.29, 0.717) is 16.9 Å². The molecule has 0 amide bonds. The van der Waals surface area contributed by atoms with Gasteiger partial charge in [0.05, 0.1) is 27.6 Å². The van der Waals surface area contributed by atoms with Crippen LogP contribution in [0.4, 0.5) is 23.1 Å². The molecule has 10 heteroatoms. The van der Waals surface area contributed by atoms with Crippen LogP contribution in [0, 0.1) is 0 Å². The van der Waals surface area contributed by atoms with Crippen molar-refractivity contribution >= 4 is 67.7 Å². The van der Waals surface area contributed by atoms with Gasteiger partial charge in [0.15, 0.2) is 10.9 Å². The molecular formula is C25H18BrN7S2. The molecule has 5 rings (SSSR count). The number of benzene rings is 2. The van der Waals surface area contributed by atoms with Crippen LogP contribution in [0.25, 0.3) is 21.8 Å². The van der Waals surface area contributed by atoms with Crippen molar-refractivity contribution in [1.82, 2.24) is 20.2 Å². The van der Waals surface area contributed by atoms with Crippen molar-refractivity contribution < 1.29 is 0 Å². The topological polar surface area (TPSA) is 87.7 Å². The Kier molecular flexibility index (Phi) is 7.03. The summed E-state index contributed by atoms with van der Waals surface area (Å²) < 4.78 is 1.01. The normalized spacial score (nSPS) is 10.5. The number of para-hydroxylation sites is 2. The maximum Gasteiger partial charge on any atom is 0.227 e. The predicted molar refractivity (Wildman–Crippen MR) is 150 cm³/mol. The Bertz CT molecular complexity index is 1460. The lowest BCUT2D eigenvalue weighted by Gasteiger charge is -2.14. The lowest BCUT2D eigenvalue weighted by atomic mass is 10.1. The van der Waals surface area contributed by atoms with Gasteiger partial charge >= 0.3 is 0 Å². The van der Waals surface area contributed by atoms with Crippen LogP contribution in [0.15, 0.2) is 94.9 Å². The minimum absolute atomic E-state index is 0.387. The highest BCUT2D eigenvalue weighted by atomic mass is 79.9. The summed E-state index contributed by atoms with van der Waals surface area (Å²) in [4.78, 5) is 10.1. The smallest absolute Gasteiger partial charge is 0.227 e. The molecule has 0 aliphatic carbocycles. The van der Waals surface area contributed by atoms with Crippen molar-refractivity contribution in [1.29, 1.82) is 0 Å². The van der Waals surface area contributed by atoms with E-state index in [-0.39, 0.29) is 0 Å². The molecule has 0 radical (unpaired) electrons. The zero-order chi connectivity index (χ0) is 24.0. The second-order valence-electron chi connectivity index (χ2n) is 7.28. The predicted octanol–water partition coefficient (Wildman–Crippen LogP) is 6.98. The minimum Gasteiger partial charge on any atom is -0.331 e. The van der Waals surface area contributed by atoms with Crippen LogP contribution in [0.5, 0.6) is 0 Å². The summed E-state index contributed by atoms with van der Waals surface area (Å²) in [7, 11) is 0. The second kappa shape index (κ2) is 10.7. The first-order chi connectivity index (χ1) is 17.2. The van der Waals surface area contributed by atoms with E-state index in [1.807, 2.05) is 84.2 Å². The largest absolute Gasteiger partial charge is 0.331 e. The molecule has 2 aromatic carbocycles. The fourth-order valence-electron chi connectivity index (χ4n) is 3.28. The minimum atomic E-state index is 0.387.